The zero-order valence-corrected chi connectivity index (χ0v) is 11.7. The maximum Gasteiger partial charge on any atom is 0.146 e. The molecule has 0 unspecified atom stereocenters. The van der Waals surface area contributed by atoms with Gasteiger partial charge in [-0.3, -0.25) is 0 Å². The molecule has 0 fully saturated rings. The zero-order chi connectivity index (χ0) is 13.3. The van der Waals surface area contributed by atoms with Crippen LogP contribution in [0.5, 0.6) is 0 Å². The molecule has 2 nitrogen and oxygen atoms in total. The van der Waals surface area contributed by atoms with Gasteiger partial charge >= 0.3 is 0 Å². The summed E-state index contributed by atoms with van der Waals surface area (Å²) < 4.78 is 0. The predicted octanol–water partition coefficient (Wildman–Crippen LogP) is 5.23. The summed E-state index contributed by atoms with van der Waals surface area (Å²) >= 11 is 23.9. The Morgan fingerprint density at radius 3 is 2.39 bits per heavy atom. The second kappa shape index (κ2) is 5.34. The second-order valence-electron chi connectivity index (χ2n) is 3.39. The predicted molar refractivity (Wildman–Crippen MR) is 74.4 cm³/mol. The first-order valence-corrected chi connectivity index (χ1v) is 6.25. The highest BCUT2D eigenvalue weighted by Crippen LogP contribution is 2.39. The van der Waals surface area contributed by atoms with E-state index in [2.05, 4.69) is 4.98 Å². The van der Waals surface area contributed by atoms with Crippen LogP contribution < -0.4 is 0 Å². The van der Waals surface area contributed by atoms with E-state index in [9.17, 15) is 0 Å². The van der Waals surface area contributed by atoms with Crippen LogP contribution in [-0.4, -0.2) is 4.98 Å². The molecule has 18 heavy (non-hydrogen) atoms. The number of hydrogen-bond donors (Lipinski definition) is 0. The fraction of sp³-hybridized carbons (Fsp3) is 0. The van der Waals surface area contributed by atoms with Gasteiger partial charge in [0.2, 0.25) is 0 Å². The van der Waals surface area contributed by atoms with Crippen LogP contribution in [0.25, 0.3) is 11.1 Å². The summed E-state index contributed by atoms with van der Waals surface area (Å²) in [5.41, 5.74) is 1.38. The first-order chi connectivity index (χ1) is 8.54. The van der Waals surface area contributed by atoms with Crippen molar-refractivity contribution in [3.8, 4) is 17.2 Å². The van der Waals surface area contributed by atoms with E-state index in [1.54, 1.807) is 18.2 Å². The Labute approximate surface area is 124 Å². The molecule has 0 saturated carbocycles. The minimum absolute atomic E-state index is 0.135. The molecule has 0 bridgehead atoms. The van der Waals surface area contributed by atoms with Gasteiger partial charge in [0.25, 0.3) is 0 Å². The van der Waals surface area contributed by atoms with E-state index >= 15 is 0 Å². The van der Waals surface area contributed by atoms with E-state index in [0.29, 0.717) is 26.2 Å². The quantitative estimate of drug-likeness (QED) is 0.533. The Bertz CT molecular complexity index is 662. The van der Waals surface area contributed by atoms with Crippen LogP contribution in [0.15, 0.2) is 24.4 Å². The van der Waals surface area contributed by atoms with Crippen molar-refractivity contribution in [1.82, 2.24) is 4.98 Å². The molecule has 2 aromatic rings. The number of benzene rings is 1. The van der Waals surface area contributed by atoms with Crippen molar-refractivity contribution in [2.45, 2.75) is 0 Å². The summed E-state index contributed by atoms with van der Waals surface area (Å²) in [4.78, 5) is 3.92. The second-order valence-corrected chi connectivity index (χ2v) is 4.94. The molecule has 0 spiro atoms. The molecule has 1 aromatic heterocycles. The summed E-state index contributed by atoms with van der Waals surface area (Å²) in [6.45, 7) is 0. The average Bonchev–Trinajstić information content (AvgIpc) is 2.36. The molecule has 0 aliphatic rings. The number of hydrogen-bond acceptors (Lipinski definition) is 2. The van der Waals surface area contributed by atoms with Crippen LogP contribution in [0.4, 0.5) is 0 Å². The van der Waals surface area contributed by atoms with Gasteiger partial charge in [-0.2, -0.15) is 5.26 Å². The SMILES string of the molecule is N#Cc1cc(-c2c(Cl)ccc(Cl)c2Cl)cnc1Cl. The topological polar surface area (TPSA) is 36.7 Å². The van der Waals surface area contributed by atoms with Crippen LogP contribution in [-0.2, 0) is 0 Å². The highest BCUT2D eigenvalue weighted by Gasteiger charge is 2.13. The third-order valence-corrected chi connectivity index (χ3v) is 3.71. The molecule has 90 valence electrons. The fourth-order valence-electron chi connectivity index (χ4n) is 1.45. The van der Waals surface area contributed by atoms with Gasteiger partial charge in [0.1, 0.15) is 11.2 Å². The van der Waals surface area contributed by atoms with Gasteiger partial charge < -0.3 is 0 Å². The van der Waals surface area contributed by atoms with Crippen molar-refractivity contribution >= 4 is 46.4 Å². The van der Waals surface area contributed by atoms with Gasteiger partial charge in [0.15, 0.2) is 0 Å². The molecule has 1 aromatic carbocycles. The third-order valence-electron chi connectivity index (χ3n) is 2.29. The van der Waals surface area contributed by atoms with Crippen LogP contribution in [0.1, 0.15) is 5.56 Å². The molecule has 0 radical (unpaired) electrons. The Balaban J connectivity index is 2.70. The van der Waals surface area contributed by atoms with Crippen molar-refractivity contribution in [3.63, 3.8) is 0 Å². The van der Waals surface area contributed by atoms with Gasteiger partial charge in [-0.1, -0.05) is 46.4 Å². The van der Waals surface area contributed by atoms with E-state index in [0.717, 1.165) is 0 Å². The Hall–Kier alpha value is -0.980. The number of pyridine rings is 1. The molecule has 6 heteroatoms. The van der Waals surface area contributed by atoms with Crippen molar-refractivity contribution < 1.29 is 0 Å². The van der Waals surface area contributed by atoms with Crippen LogP contribution in [0.2, 0.25) is 20.2 Å². The number of rotatable bonds is 1. The zero-order valence-electron chi connectivity index (χ0n) is 8.72. The van der Waals surface area contributed by atoms with Crippen molar-refractivity contribution in [2.24, 2.45) is 0 Å². The highest BCUT2D eigenvalue weighted by molar-refractivity contribution is 6.46. The van der Waals surface area contributed by atoms with Crippen molar-refractivity contribution in [1.29, 1.82) is 5.26 Å². The number of nitrogens with zero attached hydrogens (tertiary/aromatic N) is 2. The first-order valence-electron chi connectivity index (χ1n) is 4.74. The minimum atomic E-state index is 0.135. The summed E-state index contributed by atoms with van der Waals surface area (Å²) in [7, 11) is 0. The van der Waals surface area contributed by atoms with Crippen LogP contribution in [0.3, 0.4) is 0 Å². The van der Waals surface area contributed by atoms with Gasteiger partial charge in [0.05, 0.1) is 20.6 Å². The molecule has 0 saturated heterocycles. The lowest BCUT2D eigenvalue weighted by atomic mass is 10.1. The monoisotopic (exact) mass is 316 g/mol. The molecule has 2 rings (SSSR count). The maximum atomic E-state index is 8.92. The molecule has 0 atom stereocenters. The van der Waals surface area contributed by atoms with Crippen LogP contribution in [0, 0.1) is 11.3 Å². The smallest absolute Gasteiger partial charge is 0.146 e. The average molecular weight is 318 g/mol. The lowest BCUT2D eigenvalue weighted by Crippen LogP contribution is -1.88. The van der Waals surface area contributed by atoms with Crippen LogP contribution >= 0.6 is 46.4 Å². The van der Waals surface area contributed by atoms with Gasteiger partial charge in [-0.15, -0.1) is 0 Å². The molecule has 0 aliphatic heterocycles. The highest BCUT2D eigenvalue weighted by atomic mass is 35.5. The molecule has 0 N–H and O–H groups in total. The molecule has 0 amide bonds. The normalized spacial score (nSPS) is 10.2. The van der Waals surface area contributed by atoms with Gasteiger partial charge in [-0.05, 0) is 18.2 Å². The lowest BCUT2D eigenvalue weighted by molar-refractivity contribution is 1.30. The molecular formula is C12H4Cl4N2. The molecular weight excluding hydrogens is 314 g/mol. The van der Waals surface area contributed by atoms with E-state index in [1.165, 1.54) is 6.20 Å². The standard InChI is InChI=1S/C12H4Cl4N2/c13-8-1-2-9(14)11(15)10(8)7-3-6(4-17)12(16)18-5-7/h1-3,5H. The number of halogens is 4. The Kier molecular flexibility index (Phi) is 3.99. The maximum absolute atomic E-state index is 8.92. The Morgan fingerprint density at radius 2 is 1.72 bits per heavy atom. The van der Waals surface area contributed by atoms with E-state index < -0.39 is 0 Å². The minimum Gasteiger partial charge on any atom is -0.243 e. The number of nitriles is 1. The summed E-state index contributed by atoms with van der Waals surface area (Å²) in [5, 5.41) is 10.2. The molecule has 0 aliphatic carbocycles. The largest absolute Gasteiger partial charge is 0.243 e. The van der Waals surface area contributed by atoms with Gasteiger partial charge in [0, 0.05) is 17.3 Å². The van der Waals surface area contributed by atoms with Gasteiger partial charge in [-0.25, -0.2) is 4.98 Å². The fourth-order valence-corrected chi connectivity index (χ4v) is 2.35. The molecule has 1 heterocycles. The van der Waals surface area contributed by atoms with E-state index in [4.69, 9.17) is 51.7 Å². The summed E-state index contributed by atoms with van der Waals surface area (Å²) in [5.74, 6) is 0. The third kappa shape index (κ3) is 2.41. The summed E-state index contributed by atoms with van der Waals surface area (Å²) in [6.07, 6.45) is 1.49. The Morgan fingerprint density at radius 1 is 1.06 bits per heavy atom. The number of aromatic nitrogens is 1. The summed E-state index contributed by atoms with van der Waals surface area (Å²) in [6, 6.07) is 6.75. The lowest BCUT2D eigenvalue weighted by Gasteiger charge is -2.09. The van der Waals surface area contributed by atoms with Crippen molar-refractivity contribution in [2.75, 3.05) is 0 Å². The van der Waals surface area contributed by atoms with E-state index in [-0.39, 0.29) is 10.7 Å². The van der Waals surface area contributed by atoms with Crippen molar-refractivity contribution in [3.05, 3.63) is 50.2 Å². The first kappa shape index (κ1) is 13.5. The van der Waals surface area contributed by atoms with E-state index in [1.807, 2.05) is 6.07 Å².